The summed E-state index contributed by atoms with van der Waals surface area (Å²) in [7, 11) is 1.42. The van der Waals surface area contributed by atoms with Crippen molar-refractivity contribution in [3.05, 3.63) is 32.8 Å². The van der Waals surface area contributed by atoms with Crippen LogP contribution in [0.1, 0.15) is 68.2 Å². The molecule has 0 bridgehead atoms. The van der Waals surface area contributed by atoms with Crippen LogP contribution in [0.3, 0.4) is 0 Å². The molecule has 0 aliphatic rings. The molecule has 0 fully saturated rings. The number of rotatable bonds is 10. The summed E-state index contributed by atoms with van der Waals surface area (Å²) in [6.07, 6.45) is 2.39. The van der Waals surface area contributed by atoms with Crippen LogP contribution >= 0.6 is 11.3 Å². The van der Waals surface area contributed by atoms with E-state index < -0.39 is 10.8 Å². The Morgan fingerprint density at radius 3 is 2.45 bits per heavy atom. The van der Waals surface area contributed by atoms with Crippen LogP contribution in [0, 0.1) is 10.1 Å². The van der Waals surface area contributed by atoms with Crippen LogP contribution in [-0.4, -0.2) is 34.2 Å². The molecule has 1 amide bonds. The SMILES string of the molecule is CCC(C)Oc1cc([N+](=O)[O-])c(C(=O)Nc2nnc(C(CC)CC)s2)cc1OC. The van der Waals surface area contributed by atoms with E-state index in [1.54, 1.807) is 0 Å². The van der Waals surface area contributed by atoms with E-state index in [1.165, 1.54) is 30.6 Å². The average Bonchev–Trinajstić information content (AvgIpc) is 3.16. The molecule has 0 saturated carbocycles. The first-order valence-corrected chi connectivity index (χ1v) is 10.3. The van der Waals surface area contributed by atoms with E-state index in [0.717, 1.165) is 24.3 Å². The van der Waals surface area contributed by atoms with E-state index in [2.05, 4.69) is 29.4 Å². The molecule has 1 atom stereocenters. The lowest BCUT2D eigenvalue weighted by Crippen LogP contribution is -2.15. The molecule has 10 heteroatoms. The van der Waals surface area contributed by atoms with Gasteiger partial charge in [-0.05, 0) is 26.2 Å². The molecule has 0 spiro atoms. The van der Waals surface area contributed by atoms with Gasteiger partial charge in [0.15, 0.2) is 11.5 Å². The number of amides is 1. The summed E-state index contributed by atoms with van der Waals surface area (Å²) in [5.74, 6) is 0.0787. The molecule has 1 unspecified atom stereocenters. The Labute approximate surface area is 173 Å². The minimum Gasteiger partial charge on any atom is -0.493 e. The lowest BCUT2D eigenvalue weighted by atomic mass is 10.1. The number of carbonyl (C=O) groups excluding carboxylic acids is 1. The Kier molecular flexibility index (Phi) is 7.89. The fraction of sp³-hybridized carbons (Fsp3) is 0.526. The lowest BCUT2D eigenvalue weighted by Gasteiger charge is -2.16. The Bertz CT molecular complexity index is 866. The van der Waals surface area contributed by atoms with Crippen LogP contribution in [-0.2, 0) is 0 Å². The van der Waals surface area contributed by atoms with Gasteiger partial charge in [0.2, 0.25) is 5.13 Å². The predicted octanol–water partition coefficient (Wildman–Crippen LogP) is 4.79. The van der Waals surface area contributed by atoms with Crippen molar-refractivity contribution >= 4 is 28.1 Å². The number of nitrogens with zero attached hydrogens (tertiary/aromatic N) is 3. The number of nitro groups is 1. The van der Waals surface area contributed by atoms with Crippen molar-refractivity contribution in [3.63, 3.8) is 0 Å². The Balaban J connectivity index is 2.34. The molecular weight excluding hydrogens is 396 g/mol. The molecule has 0 radical (unpaired) electrons. The van der Waals surface area contributed by atoms with Crippen molar-refractivity contribution in [2.45, 2.75) is 59.0 Å². The summed E-state index contributed by atoms with van der Waals surface area (Å²) in [6.45, 7) is 7.91. The topological polar surface area (TPSA) is 116 Å². The molecule has 29 heavy (non-hydrogen) atoms. The average molecular weight is 423 g/mol. The summed E-state index contributed by atoms with van der Waals surface area (Å²) in [5, 5.41) is 23.4. The largest absolute Gasteiger partial charge is 0.493 e. The summed E-state index contributed by atoms with van der Waals surface area (Å²) in [5.41, 5.74) is -0.506. The lowest BCUT2D eigenvalue weighted by molar-refractivity contribution is -0.385. The van der Waals surface area contributed by atoms with Crippen LogP contribution in [0.5, 0.6) is 11.5 Å². The molecule has 0 aliphatic carbocycles. The van der Waals surface area contributed by atoms with Gasteiger partial charge in [0, 0.05) is 12.0 Å². The van der Waals surface area contributed by atoms with E-state index in [0.29, 0.717) is 5.13 Å². The highest BCUT2D eigenvalue weighted by Gasteiger charge is 2.26. The van der Waals surface area contributed by atoms with Gasteiger partial charge < -0.3 is 9.47 Å². The first-order valence-electron chi connectivity index (χ1n) is 9.52. The zero-order chi connectivity index (χ0) is 21.6. The number of carbonyl (C=O) groups is 1. The normalized spacial score (nSPS) is 11.9. The van der Waals surface area contributed by atoms with Crippen LogP contribution in [0.15, 0.2) is 12.1 Å². The van der Waals surface area contributed by atoms with E-state index >= 15 is 0 Å². The zero-order valence-electron chi connectivity index (χ0n) is 17.2. The maximum atomic E-state index is 12.7. The molecule has 1 heterocycles. The van der Waals surface area contributed by atoms with Gasteiger partial charge in [0.25, 0.3) is 11.6 Å². The molecule has 0 aliphatic heterocycles. The third kappa shape index (κ3) is 5.41. The quantitative estimate of drug-likeness (QED) is 0.432. The molecule has 1 aromatic heterocycles. The number of nitro benzene ring substituents is 1. The van der Waals surface area contributed by atoms with Gasteiger partial charge in [0.1, 0.15) is 10.6 Å². The summed E-state index contributed by atoms with van der Waals surface area (Å²) < 4.78 is 11.0. The van der Waals surface area contributed by atoms with E-state index in [9.17, 15) is 14.9 Å². The van der Waals surface area contributed by atoms with Gasteiger partial charge in [0.05, 0.1) is 24.2 Å². The van der Waals surface area contributed by atoms with Gasteiger partial charge in [-0.15, -0.1) is 10.2 Å². The van der Waals surface area contributed by atoms with E-state index in [-0.39, 0.29) is 34.8 Å². The number of benzene rings is 1. The number of methoxy groups -OCH3 is 1. The zero-order valence-corrected chi connectivity index (χ0v) is 18.0. The highest BCUT2D eigenvalue weighted by Crippen LogP contribution is 2.36. The van der Waals surface area contributed by atoms with Gasteiger partial charge in [-0.3, -0.25) is 20.2 Å². The first kappa shape index (κ1) is 22.5. The number of aromatic nitrogens is 2. The van der Waals surface area contributed by atoms with Gasteiger partial charge in [-0.25, -0.2) is 0 Å². The first-order chi connectivity index (χ1) is 13.8. The third-order valence-corrected chi connectivity index (χ3v) is 5.62. The van der Waals surface area contributed by atoms with Crippen LogP contribution in [0.4, 0.5) is 10.8 Å². The molecule has 1 aromatic carbocycles. The monoisotopic (exact) mass is 422 g/mol. The highest BCUT2D eigenvalue weighted by atomic mass is 32.1. The number of hydrogen-bond donors (Lipinski definition) is 1. The summed E-state index contributed by atoms with van der Waals surface area (Å²) >= 11 is 1.27. The Morgan fingerprint density at radius 1 is 1.21 bits per heavy atom. The Hall–Kier alpha value is -2.75. The molecule has 0 saturated heterocycles. The molecular formula is C19H26N4O5S. The molecule has 2 rings (SSSR count). The minimum atomic E-state index is -0.655. The molecule has 158 valence electrons. The standard InChI is InChI=1S/C19H26N4O5S/c1-6-11(4)28-16-10-14(23(25)26)13(9-15(16)27-5)17(24)20-19-22-21-18(29-19)12(7-2)8-3/h9-12H,6-8H2,1-5H3,(H,20,22,24). The van der Waals surface area contributed by atoms with Crippen LogP contribution in [0.25, 0.3) is 0 Å². The second kappa shape index (κ2) is 10.1. The van der Waals surface area contributed by atoms with Crippen molar-refractivity contribution in [2.24, 2.45) is 0 Å². The maximum Gasteiger partial charge on any atom is 0.286 e. The van der Waals surface area contributed by atoms with Crippen molar-refractivity contribution < 1.29 is 19.2 Å². The molecule has 9 nitrogen and oxygen atoms in total. The van der Waals surface area contributed by atoms with Crippen molar-refractivity contribution in [1.29, 1.82) is 0 Å². The summed E-state index contributed by atoms with van der Waals surface area (Å²) in [4.78, 5) is 23.7. The van der Waals surface area contributed by atoms with Gasteiger partial charge >= 0.3 is 0 Å². The van der Waals surface area contributed by atoms with E-state index in [1.807, 2.05) is 13.8 Å². The fourth-order valence-electron chi connectivity index (χ4n) is 2.69. The highest BCUT2D eigenvalue weighted by molar-refractivity contribution is 7.15. The van der Waals surface area contributed by atoms with Gasteiger partial charge in [-0.2, -0.15) is 0 Å². The minimum absolute atomic E-state index is 0.136. The number of nitrogens with one attached hydrogen (secondary N) is 1. The van der Waals surface area contributed by atoms with Crippen LogP contribution < -0.4 is 14.8 Å². The molecule has 1 N–H and O–H groups in total. The number of anilines is 1. The predicted molar refractivity (Wildman–Crippen MR) is 111 cm³/mol. The smallest absolute Gasteiger partial charge is 0.286 e. The third-order valence-electron chi connectivity index (χ3n) is 4.62. The summed E-state index contributed by atoms with van der Waals surface area (Å²) in [6, 6.07) is 2.53. The maximum absolute atomic E-state index is 12.7. The van der Waals surface area contributed by atoms with Crippen molar-refractivity contribution in [2.75, 3.05) is 12.4 Å². The number of hydrogen-bond acceptors (Lipinski definition) is 8. The fourth-order valence-corrected chi connectivity index (χ4v) is 3.69. The van der Waals surface area contributed by atoms with Crippen LogP contribution in [0.2, 0.25) is 0 Å². The second-order valence-electron chi connectivity index (χ2n) is 6.53. The van der Waals surface area contributed by atoms with Gasteiger partial charge in [-0.1, -0.05) is 32.1 Å². The number of ether oxygens (including phenoxy) is 2. The second-order valence-corrected chi connectivity index (χ2v) is 7.54. The molecule has 2 aromatic rings. The van der Waals surface area contributed by atoms with E-state index in [4.69, 9.17) is 9.47 Å². The van der Waals surface area contributed by atoms with Crippen molar-refractivity contribution in [3.8, 4) is 11.5 Å². The van der Waals surface area contributed by atoms with Crippen molar-refractivity contribution in [1.82, 2.24) is 10.2 Å². The Morgan fingerprint density at radius 2 is 1.90 bits per heavy atom.